The molecule has 4 aromatic rings. The van der Waals surface area contributed by atoms with Gasteiger partial charge in [-0.1, -0.05) is 61.0 Å². The van der Waals surface area contributed by atoms with Crippen LogP contribution in [0.25, 0.3) is 16.7 Å². The van der Waals surface area contributed by atoms with Crippen LogP contribution in [0.1, 0.15) is 25.3 Å². The van der Waals surface area contributed by atoms with Crippen LogP contribution in [0.5, 0.6) is 0 Å². The molecule has 0 unspecified atom stereocenters. The maximum absolute atomic E-state index is 13.0. The number of fused-ring (bicyclic) bond motifs is 3. The molecule has 0 atom stereocenters. The molecule has 0 fully saturated rings. The number of carbonyl (C=O) groups is 1. The lowest BCUT2D eigenvalue weighted by molar-refractivity contribution is -0.118. The van der Waals surface area contributed by atoms with Crippen LogP contribution in [0.2, 0.25) is 5.02 Å². The number of nitrogens with one attached hydrogen (secondary N) is 1. The fourth-order valence-electron chi connectivity index (χ4n) is 3.33. The van der Waals surface area contributed by atoms with Crippen LogP contribution in [-0.4, -0.2) is 30.8 Å². The molecule has 0 bridgehead atoms. The van der Waals surface area contributed by atoms with Gasteiger partial charge in [0.05, 0.1) is 16.7 Å². The average Bonchev–Trinajstić information content (AvgIpc) is 3.21. The van der Waals surface area contributed by atoms with Crippen LogP contribution in [0.3, 0.4) is 0 Å². The van der Waals surface area contributed by atoms with E-state index < -0.39 is 0 Å². The number of hydrogen-bond donors (Lipinski definition) is 1. The number of para-hydroxylation sites is 1. The number of rotatable bonds is 8. The molecule has 2 aromatic carbocycles. The summed E-state index contributed by atoms with van der Waals surface area (Å²) in [7, 11) is 0. The minimum Gasteiger partial charge on any atom is -0.351 e. The van der Waals surface area contributed by atoms with Gasteiger partial charge in [0.15, 0.2) is 5.16 Å². The van der Waals surface area contributed by atoms with Gasteiger partial charge >= 0.3 is 0 Å². The molecule has 1 amide bonds. The highest BCUT2D eigenvalue weighted by atomic mass is 35.5. The summed E-state index contributed by atoms with van der Waals surface area (Å²) in [5.41, 5.74) is 1.65. The topological polar surface area (TPSA) is 81.3 Å². The lowest BCUT2D eigenvalue weighted by Crippen LogP contribution is -2.25. The summed E-state index contributed by atoms with van der Waals surface area (Å²) in [5, 5.41) is 13.3. The maximum atomic E-state index is 13.0. The lowest BCUT2D eigenvalue weighted by Gasteiger charge is -2.11. The van der Waals surface area contributed by atoms with E-state index in [1.54, 1.807) is 16.7 Å². The zero-order valence-electron chi connectivity index (χ0n) is 17.0. The molecule has 1 N–H and O–H groups in total. The third kappa shape index (κ3) is 4.60. The molecule has 9 heteroatoms. The number of unbranched alkanes of at least 4 members (excludes halogenated alkanes) is 1. The van der Waals surface area contributed by atoms with Gasteiger partial charge in [-0.2, -0.15) is 0 Å². The number of amides is 1. The van der Waals surface area contributed by atoms with Crippen LogP contribution >= 0.6 is 23.4 Å². The quantitative estimate of drug-likeness (QED) is 0.407. The minimum absolute atomic E-state index is 0.0683. The number of carbonyl (C=O) groups excluding carboxylic acids is 1. The molecule has 0 radical (unpaired) electrons. The fourth-order valence-corrected chi connectivity index (χ4v) is 4.22. The molecular weight excluding hydrogens is 434 g/mol. The van der Waals surface area contributed by atoms with Crippen LogP contribution < -0.4 is 10.9 Å². The van der Waals surface area contributed by atoms with Gasteiger partial charge in [0.1, 0.15) is 0 Å². The number of halogens is 1. The summed E-state index contributed by atoms with van der Waals surface area (Å²) in [6.45, 7) is 3.09. The molecule has 0 aliphatic carbocycles. The second-order valence-electron chi connectivity index (χ2n) is 7.14. The van der Waals surface area contributed by atoms with Crippen molar-refractivity contribution < 1.29 is 4.79 Å². The maximum Gasteiger partial charge on any atom is 0.262 e. The summed E-state index contributed by atoms with van der Waals surface area (Å²) in [6.07, 6.45) is 1.84. The summed E-state index contributed by atoms with van der Waals surface area (Å²) in [6, 6.07) is 14.8. The standard InChI is InChI=1S/C22H22ClN5O2S/c1-2-3-12-27-20(30)17-6-4-5-7-18(17)28-21(27)25-26-22(28)31-14-19(29)24-13-15-8-10-16(23)11-9-15/h4-11H,2-3,12-14H2,1H3,(H,24,29). The van der Waals surface area contributed by atoms with E-state index >= 15 is 0 Å². The summed E-state index contributed by atoms with van der Waals surface area (Å²) in [4.78, 5) is 25.3. The molecule has 2 aromatic heterocycles. The molecule has 160 valence electrons. The van der Waals surface area contributed by atoms with Crippen molar-refractivity contribution in [2.45, 2.75) is 38.0 Å². The molecular formula is C22H22ClN5O2S. The molecule has 4 rings (SSSR count). The van der Waals surface area contributed by atoms with Crippen molar-refractivity contribution in [2.75, 3.05) is 5.75 Å². The van der Waals surface area contributed by atoms with Crippen molar-refractivity contribution in [3.63, 3.8) is 0 Å². The highest BCUT2D eigenvalue weighted by Crippen LogP contribution is 2.21. The predicted octanol–water partition coefficient (Wildman–Crippen LogP) is 3.91. The fraction of sp³-hybridized carbons (Fsp3) is 0.273. The summed E-state index contributed by atoms with van der Waals surface area (Å²) < 4.78 is 3.53. The third-order valence-electron chi connectivity index (χ3n) is 4.95. The Morgan fingerprint density at radius 1 is 1.13 bits per heavy atom. The van der Waals surface area contributed by atoms with Crippen molar-refractivity contribution in [3.05, 3.63) is 69.5 Å². The van der Waals surface area contributed by atoms with Crippen molar-refractivity contribution >= 4 is 46.0 Å². The van der Waals surface area contributed by atoms with Gasteiger partial charge in [0, 0.05) is 18.1 Å². The van der Waals surface area contributed by atoms with E-state index in [0.29, 0.717) is 34.4 Å². The molecule has 0 aliphatic heterocycles. The van der Waals surface area contributed by atoms with Gasteiger partial charge in [-0.15, -0.1) is 10.2 Å². The van der Waals surface area contributed by atoms with Gasteiger partial charge in [-0.3, -0.25) is 18.6 Å². The molecule has 0 spiro atoms. The first-order valence-electron chi connectivity index (χ1n) is 10.1. The summed E-state index contributed by atoms with van der Waals surface area (Å²) >= 11 is 7.19. The third-order valence-corrected chi connectivity index (χ3v) is 6.13. The average molecular weight is 456 g/mol. The minimum atomic E-state index is -0.111. The van der Waals surface area contributed by atoms with Gasteiger partial charge in [0.25, 0.3) is 5.56 Å². The van der Waals surface area contributed by atoms with Gasteiger partial charge < -0.3 is 5.32 Å². The van der Waals surface area contributed by atoms with Crippen LogP contribution in [-0.2, 0) is 17.9 Å². The highest BCUT2D eigenvalue weighted by Gasteiger charge is 2.17. The Labute approximate surface area is 188 Å². The van der Waals surface area contributed by atoms with E-state index in [0.717, 1.165) is 23.9 Å². The molecule has 31 heavy (non-hydrogen) atoms. The largest absolute Gasteiger partial charge is 0.351 e. The number of aromatic nitrogens is 4. The first-order valence-corrected chi connectivity index (χ1v) is 11.5. The molecule has 0 saturated carbocycles. The zero-order valence-corrected chi connectivity index (χ0v) is 18.6. The predicted molar refractivity (Wildman–Crippen MR) is 124 cm³/mol. The normalized spacial score (nSPS) is 11.3. The Morgan fingerprint density at radius 3 is 2.68 bits per heavy atom. The first kappa shape index (κ1) is 21.4. The van der Waals surface area contributed by atoms with Crippen molar-refractivity contribution in [2.24, 2.45) is 0 Å². The number of thioether (sulfide) groups is 1. The molecule has 2 heterocycles. The molecule has 7 nitrogen and oxygen atoms in total. The lowest BCUT2D eigenvalue weighted by atomic mass is 10.2. The van der Waals surface area contributed by atoms with Crippen molar-refractivity contribution in [3.8, 4) is 0 Å². The van der Waals surface area contributed by atoms with E-state index in [1.807, 2.05) is 40.8 Å². The second-order valence-corrected chi connectivity index (χ2v) is 8.52. The van der Waals surface area contributed by atoms with Gasteiger partial charge in [0.2, 0.25) is 11.7 Å². The summed E-state index contributed by atoms with van der Waals surface area (Å²) in [5.74, 6) is 0.582. The van der Waals surface area contributed by atoms with Crippen molar-refractivity contribution in [1.29, 1.82) is 0 Å². The Kier molecular flexibility index (Phi) is 6.58. The van der Waals surface area contributed by atoms with Crippen molar-refractivity contribution in [1.82, 2.24) is 24.5 Å². The number of benzene rings is 2. The zero-order chi connectivity index (χ0) is 21.8. The van der Waals surface area contributed by atoms with Crippen LogP contribution in [0.15, 0.2) is 58.5 Å². The van der Waals surface area contributed by atoms with E-state index in [2.05, 4.69) is 22.4 Å². The number of hydrogen-bond acceptors (Lipinski definition) is 5. The molecule has 0 saturated heterocycles. The van der Waals surface area contributed by atoms with Crippen LogP contribution in [0, 0.1) is 0 Å². The first-order chi connectivity index (χ1) is 15.1. The Bertz CT molecular complexity index is 1280. The van der Waals surface area contributed by atoms with Crippen LogP contribution in [0.4, 0.5) is 0 Å². The molecule has 0 aliphatic rings. The monoisotopic (exact) mass is 455 g/mol. The van der Waals surface area contributed by atoms with Gasteiger partial charge in [-0.05, 0) is 36.2 Å². The van der Waals surface area contributed by atoms with E-state index in [1.165, 1.54) is 11.8 Å². The SMILES string of the molecule is CCCCn1c(=O)c2ccccc2n2c(SCC(=O)NCc3ccc(Cl)cc3)nnc12. The smallest absolute Gasteiger partial charge is 0.262 e. The number of nitrogens with zero attached hydrogens (tertiary/aromatic N) is 4. The second kappa shape index (κ2) is 9.53. The van der Waals surface area contributed by atoms with E-state index in [-0.39, 0.29) is 17.2 Å². The van der Waals surface area contributed by atoms with E-state index in [4.69, 9.17) is 11.6 Å². The van der Waals surface area contributed by atoms with Gasteiger partial charge in [-0.25, -0.2) is 0 Å². The van der Waals surface area contributed by atoms with E-state index in [9.17, 15) is 9.59 Å². The number of aryl methyl sites for hydroxylation is 1. The Morgan fingerprint density at radius 2 is 1.90 bits per heavy atom. The highest BCUT2D eigenvalue weighted by molar-refractivity contribution is 7.99. The Balaban J connectivity index is 1.56. The Hall–Kier alpha value is -2.84.